The summed E-state index contributed by atoms with van der Waals surface area (Å²) in [5.41, 5.74) is 0. The minimum atomic E-state index is 0.502. The Morgan fingerprint density at radius 3 is 3.08 bits per heavy atom. The van der Waals surface area contributed by atoms with Crippen molar-refractivity contribution in [1.29, 1.82) is 0 Å². The molecule has 0 fully saturated rings. The molecule has 0 saturated heterocycles. The fraction of sp³-hybridized carbons (Fsp3) is 0.300. The van der Waals surface area contributed by atoms with E-state index < -0.39 is 0 Å². The van der Waals surface area contributed by atoms with Crippen molar-refractivity contribution in [1.82, 2.24) is 4.98 Å². The summed E-state index contributed by atoms with van der Waals surface area (Å²) >= 11 is 5.70. The first kappa shape index (κ1) is 9.88. The molecule has 1 rings (SSSR count). The molecule has 68 valence electrons. The predicted octanol–water partition coefficient (Wildman–Crippen LogP) is 2.56. The summed E-state index contributed by atoms with van der Waals surface area (Å²) in [5, 5.41) is 3.63. The first-order chi connectivity index (χ1) is 6.33. The molecule has 0 amide bonds. The smallest absolute Gasteiger partial charge is 0.131 e. The number of hydrogen-bond donors (Lipinski definition) is 1. The number of terminal acetylenes is 1. The second-order valence-electron chi connectivity index (χ2n) is 2.58. The standard InChI is InChI=1S/C10H11ClN2/c1-2-3-4-8-12-10-7-5-6-9(11)13-10/h1,5-7H,3-4,8H2,(H,12,13). The molecule has 0 aromatic carbocycles. The second-order valence-corrected chi connectivity index (χ2v) is 2.97. The van der Waals surface area contributed by atoms with Crippen molar-refractivity contribution in [2.75, 3.05) is 11.9 Å². The van der Waals surface area contributed by atoms with Gasteiger partial charge in [0.25, 0.3) is 0 Å². The number of halogens is 1. The summed E-state index contributed by atoms with van der Waals surface area (Å²) in [7, 11) is 0. The van der Waals surface area contributed by atoms with E-state index in [0.29, 0.717) is 5.15 Å². The Labute approximate surface area is 83.3 Å². The highest BCUT2D eigenvalue weighted by Crippen LogP contribution is 2.08. The highest BCUT2D eigenvalue weighted by molar-refractivity contribution is 6.29. The lowest BCUT2D eigenvalue weighted by Gasteiger charge is -2.03. The molecule has 0 bridgehead atoms. The summed E-state index contributed by atoms with van der Waals surface area (Å²) in [6.07, 6.45) is 6.85. The van der Waals surface area contributed by atoms with E-state index in [1.165, 1.54) is 0 Å². The van der Waals surface area contributed by atoms with Gasteiger partial charge in [-0.25, -0.2) is 4.98 Å². The number of rotatable bonds is 4. The Morgan fingerprint density at radius 1 is 1.54 bits per heavy atom. The molecule has 0 radical (unpaired) electrons. The van der Waals surface area contributed by atoms with E-state index in [1.807, 2.05) is 12.1 Å². The van der Waals surface area contributed by atoms with Gasteiger partial charge in [0.05, 0.1) is 0 Å². The average molecular weight is 195 g/mol. The molecule has 0 unspecified atom stereocenters. The van der Waals surface area contributed by atoms with Crippen LogP contribution in [-0.4, -0.2) is 11.5 Å². The normalized spacial score (nSPS) is 9.23. The summed E-state index contributed by atoms with van der Waals surface area (Å²) in [5.74, 6) is 3.37. The molecular formula is C10H11ClN2. The third-order valence-electron chi connectivity index (χ3n) is 1.52. The topological polar surface area (TPSA) is 24.9 Å². The van der Waals surface area contributed by atoms with Gasteiger partial charge in [-0.15, -0.1) is 12.3 Å². The van der Waals surface area contributed by atoms with Gasteiger partial charge < -0.3 is 5.32 Å². The lowest BCUT2D eigenvalue weighted by atomic mass is 10.3. The number of aromatic nitrogens is 1. The van der Waals surface area contributed by atoms with Crippen molar-refractivity contribution in [3.63, 3.8) is 0 Å². The summed E-state index contributed by atoms with van der Waals surface area (Å²) in [6, 6.07) is 5.48. The molecule has 1 N–H and O–H groups in total. The van der Waals surface area contributed by atoms with Crippen LogP contribution in [-0.2, 0) is 0 Å². The predicted molar refractivity (Wildman–Crippen MR) is 55.8 cm³/mol. The molecule has 0 saturated carbocycles. The molecule has 1 aromatic heterocycles. The van der Waals surface area contributed by atoms with Crippen LogP contribution >= 0.6 is 11.6 Å². The largest absolute Gasteiger partial charge is 0.370 e. The van der Waals surface area contributed by atoms with Crippen LogP contribution in [0.15, 0.2) is 18.2 Å². The van der Waals surface area contributed by atoms with Crippen LogP contribution in [0.1, 0.15) is 12.8 Å². The quantitative estimate of drug-likeness (QED) is 0.453. The first-order valence-corrected chi connectivity index (χ1v) is 4.50. The van der Waals surface area contributed by atoms with Gasteiger partial charge in [-0.3, -0.25) is 0 Å². The molecule has 0 spiro atoms. The van der Waals surface area contributed by atoms with Crippen LogP contribution in [0.5, 0.6) is 0 Å². The zero-order valence-electron chi connectivity index (χ0n) is 7.26. The first-order valence-electron chi connectivity index (χ1n) is 4.13. The van der Waals surface area contributed by atoms with Crippen LogP contribution in [0.25, 0.3) is 0 Å². The molecule has 13 heavy (non-hydrogen) atoms. The zero-order valence-corrected chi connectivity index (χ0v) is 8.01. The van der Waals surface area contributed by atoms with Gasteiger partial charge in [-0.2, -0.15) is 0 Å². The lowest BCUT2D eigenvalue weighted by Crippen LogP contribution is -2.02. The highest BCUT2D eigenvalue weighted by Gasteiger charge is 1.93. The number of pyridine rings is 1. The molecular weight excluding hydrogens is 184 g/mol. The Bertz CT molecular complexity index is 304. The van der Waals surface area contributed by atoms with Crippen molar-refractivity contribution in [2.45, 2.75) is 12.8 Å². The maximum atomic E-state index is 5.70. The third kappa shape index (κ3) is 3.82. The molecule has 0 aliphatic carbocycles. The Hall–Kier alpha value is -1.20. The second kappa shape index (κ2) is 5.45. The van der Waals surface area contributed by atoms with Gasteiger partial charge >= 0.3 is 0 Å². The number of nitrogens with zero attached hydrogens (tertiary/aromatic N) is 1. The van der Waals surface area contributed by atoms with E-state index in [0.717, 1.165) is 25.2 Å². The van der Waals surface area contributed by atoms with Crippen molar-refractivity contribution >= 4 is 17.4 Å². The van der Waals surface area contributed by atoms with Crippen LogP contribution < -0.4 is 5.32 Å². The SMILES string of the molecule is C#CCCCNc1cccc(Cl)n1. The van der Waals surface area contributed by atoms with Crippen LogP contribution in [0.4, 0.5) is 5.82 Å². The molecule has 0 aliphatic heterocycles. The van der Waals surface area contributed by atoms with E-state index >= 15 is 0 Å². The van der Waals surface area contributed by atoms with Gasteiger partial charge in [0.1, 0.15) is 11.0 Å². The minimum Gasteiger partial charge on any atom is -0.370 e. The fourth-order valence-electron chi connectivity index (χ4n) is 0.914. The van der Waals surface area contributed by atoms with E-state index in [4.69, 9.17) is 18.0 Å². The van der Waals surface area contributed by atoms with E-state index in [2.05, 4.69) is 16.2 Å². The van der Waals surface area contributed by atoms with Gasteiger partial charge in [-0.1, -0.05) is 17.7 Å². The molecule has 1 heterocycles. The van der Waals surface area contributed by atoms with Gasteiger partial charge in [0.15, 0.2) is 0 Å². The Morgan fingerprint density at radius 2 is 2.38 bits per heavy atom. The van der Waals surface area contributed by atoms with E-state index in [1.54, 1.807) is 6.07 Å². The molecule has 0 atom stereocenters. The Balaban J connectivity index is 2.33. The van der Waals surface area contributed by atoms with Crippen LogP contribution in [0, 0.1) is 12.3 Å². The van der Waals surface area contributed by atoms with Crippen molar-refractivity contribution < 1.29 is 0 Å². The van der Waals surface area contributed by atoms with E-state index in [9.17, 15) is 0 Å². The molecule has 0 aliphatic rings. The number of unbranched alkanes of at least 4 members (excludes halogenated alkanes) is 1. The number of nitrogens with one attached hydrogen (secondary N) is 1. The average Bonchev–Trinajstić information content (AvgIpc) is 2.13. The molecule has 3 heteroatoms. The maximum Gasteiger partial charge on any atom is 0.131 e. The number of hydrogen-bond acceptors (Lipinski definition) is 2. The van der Waals surface area contributed by atoms with Gasteiger partial charge in [-0.05, 0) is 18.6 Å². The lowest BCUT2D eigenvalue weighted by molar-refractivity contribution is 0.901. The Kier molecular flexibility index (Phi) is 4.14. The van der Waals surface area contributed by atoms with Gasteiger partial charge in [0.2, 0.25) is 0 Å². The summed E-state index contributed by atoms with van der Waals surface area (Å²) in [4.78, 5) is 4.07. The zero-order chi connectivity index (χ0) is 9.52. The monoisotopic (exact) mass is 194 g/mol. The summed E-state index contributed by atoms with van der Waals surface area (Å²) < 4.78 is 0. The highest BCUT2D eigenvalue weighted by atomic mass is 35.5. The third-order valence-corrected chi connectivity index (χ3v) is 1.73. The maximum absolute atomic E-state index is 5.70. The molecule has 1 aromatic rings. The van der Waals surface area contributed by atoms with Crippen molar-refractivity contribution in [2.24, 2.45) is 0 Å². The summed E-state index contributed by atoms with van der Waals surface area (Å²) in [6.45, 7) is 0.831. The number of anilines is 1. The minimum absolute atomic E-state index is 0.502. The van der Waals surface area contributed by atoms with Gasteiger partial charge in [0, 0.05) is 13.0 Å². The van der Waals surface area contributed by atoms with Crippen LogP contribution in [0.3, 0.4) is 0 Å². The molecule has 2 nitrogen and oxygen atoms in total. The fourth-order valence-corrected chi connectivity index (χ4v) is 1.08. The van der Waals surface area contributed by atoms with Crippen molar-refractivity contribution in [3.8, 4) is 12.3 Å². The van der Waals surface area contributed by atoms with E-state index in [-0.39, 0.29) is 0 Å². The van der Waals surface area contributed by atoms with Crippen molar-refractivity contribution in [3.05, 3.63) is 23.4 Å². The van der Waals surface area contributed by atoms with Crippen LogP contribution in [0.2, 0.25) is 5.15 Å².